The van der Waals surface area contributed by atoms with Crippen LogP contribution in [0.2, 0.25) is 38.8 Å². The number of Topliss-reactive ketones (excluding diaryl/α,β-unsaturated/α-hetero) is 1. The van der Waals surface area contributed by atoms with E-state index in [1.54, 1.807) is 0 Å². The van der Waals surface area contributed by atoms with Crippen LogP contribution in [0.15, 0.2) is 30.3 Å². The van der Waals surface area contributed by atoms with Gasteiger partial charge in [0, 0.05) is 12.3 Å². The zero-order valence-corrected chi connectivity index (χ0v) is 18.8. The normalized spacial score (nSPS) is 18.1. The van der Waals surface area contributed by atoms with Crippen LogP contribution < -0.4 is 0 Å². The fourth-order valence-electron chi connectivity index (χ4n) is 4.31. The molecule has 0 spiro atoms. The molecule has 1 saturated carbocycles. The van der Waals surface area contributed by atoms with Crippen LogP contribution in [0.1, 0.15) is 50.0 Å². The van der Waals surface area contributed by atoms with Gasteiger partial charge in [-0.1, -0.05) is 49.6 Å². The second-order valence-electron chi connectivity index (χ2n) is 9.23. The van der Waals surface area contributed by atoms with Crippen LogP contribution in [-0.4, -0.2) is 22.4 Å². The number of hydrogen-bond donors (Lipinski definition) is 0. The highest BCUT2D eigenvalue weighted by Crippen LogP contribution is 2.38. The Balaban J connectivity index is 2.08. The molecule has 25 heavy (non-hydrogen) atoms. The average Bonchev–Trinajstić information content (AvgIpc) is 2.53. The van der Waals surface area contributed by atoms with Gasteiger partial charge in [-0.05, 0) is 63.1 Å². The molecular formula is C21H36O2Si2. The van der Waals surface area contributed by atoms with Crippen molar-refractivity contribution in [3.8, 4) is 0 Å². The van der Waals surface area contributed by atoms with E-state index in [2.05, 4.69) is 57.0 Å². The van der Waals surface area contributed by atoms with Crippen LogP contribution in [0.3, 0.4) is 0 Å². The molecule has 0 N–H and O–H groups in total. The van der Waals surface area contributed by atoms with Crippen LogP contribution in [0.5, 0.6) is 0 Å². The summed E-state index contributed by atoms with van der Waals surface area (Å²) in [5, 5.41) is 0. The third kappa shape index (κ3) is 6.83. The van der Waals surface area contributed by atoms with Crippen molar-refractivity contribution in [2.24, 2.45) is 5.92 Å². The fourth-order valence-corrected chi connectivity index (χ4v) is 12.2. The zero-order valence-electron chi connectivity index (χ0n) is 16.8. The molecule has 0 heterocycles. The van der Waals surface area contributed by atoms with Crippen molar-refractivity contribution < 1.29 is 8.91 Å². The first kappa shape index (κ1) is 20.6. The smallest absolute Gasteiger partial charge is 0.173 e. The van der Waals surface area contributed by atoms with Gasteiger partial charge in [0.1, 0.15) is 5.78 Å². The Morgan fingerprint density at radius 1 is 1.04 bits per heavy atom. The Hall–Kier alpha value is -0.716. The Bertz CT molecular complexity index is 543. The van der Waals surface area contributed by atoms with Gasteiger partial charge in [-0.15, -0.1) is 0 Å². The fraction of sp³-hybridized carbons (Fsp3) is 0.667. The van der Waals surface area contributed by atoms with E-state index >= 15 is 0 Å². The highest BCUT2D eigenvalue weighted by molar-refractivity contribution is 6.84. The summed E-state index contributed by atoms with van der Waals surface area (Å²) in [4.78, 5) is 13.2. The standard InChI is InChI=1S/C21H36O2Si2/c1-24(2,3)23-25(4,5)17-16-20(22)21(18-12-8-6-9-13-18)19-14-10-7-11-15-19/h6,8-9,12-13,19,21H,7,10-11,14-17H2,1-5H3. The molecule has 0 radical (unpaired) electrons. The first-order valence-electron chi connectivity index (χ1n) is 9.96. The minimum Gasteiger partial charge on any atom is -0.456 e. The van der Waals surface area contributed by atoms with E-state index in [1.807, 2.05) is 6.07 Å². The van der Waals surface area contributed by atoms with Crippen molar-refractivity contribution >= 4 is 22.4 Å². The van der Waals surface area contributed by atoms with E-state index in [1.165, 1.54) is 37.7 Å². The van der Waals surface area contributed by atoms with Crippen molar-refractivity contribution in [1.29, 1.82) is 0 Å². The summed E-state index contributed by atoms with van der Waals surface area (Å²) >= 11 is 0. The van der Waals surface area contributed by atoms with Gasteiger partial charge >= 0.3 is 0 Å². The topological polar surface area (TPSA) is 26.3 Å². The van der Waals surface area contributed by atoms with E-state index in [4.69, 9.17) is 4.12 Å². The molecule has 1 unspecified atom stereocenters. The maximum absolute atomic E-state index is 13.2. The molecule has 0 aromatic heterocycles. The van der Waals surface area contributed by atoms with Crippen molar-refractivity contribution in [3.63, 3.8) is 0 Å². The molecule has 0 aliphatic heterocycles. The summed E-state index contributed by atoms with van der Waals surface area (Å²) in [5.74, 6) is 1.07. The minimum absolute atomic E-state index is 0.0955. The van der Waals surface area contributed by atoms with Gasteiger partial charge in [-0.3, -0.25) is 4.79 Å². The van der Waals surface area contributed by atoms with Crippen LogP contribution in [0, 0.1) is 5.92 Å². The molecule has 0 bridgehead atoms. The number of carbonyl (C=O) groups excluding carboxylic acids is 1. The first-order valence-corrected chi connectivity index (χ1v) is 16.5. The Labute approximate surface area is 156 Å². The molecule has 1 aliphatic carbocycles. The molecular weight excluding hydrogens is 340 g/mol. The quantitative estimate of drug-likeness (QED) is 0.493. The van der Waals surface area contributed by atoms with Gasteiger partial charge in [-0.25, -0.2) is 0 Å². The number of rotatable bonds is 8. The SMILES string of the molecule is C[Si](C)(C)O[Si](C)(C)CCC(=O)C(c1ccccc1)C1CCCCC1. The maximum atomic E-state index is 13.2. The highest BCUT2D eigenvalue weighted by atomic mass is 28.4. The Morgan fingerprint density at radius 3 is 2.20 bits per heavy atom. The second kappa shape index (κ2) is 8.78. The average molecular weight is 377 g/mol. The minimum atomic E-state index is -1.76. The summed E-state index contributed by atoms with van der Waals surface area (Å²) in [6.07, 6.45) is 6.98. The van der Waals surface area contributed by atoms with E-state index < -0.39 is 16.6 Å². The predicted octanol–water partition coefficient (Wildman–Crippen LogP) is 6.37. The van der Waals surface area contributed by atoms with Crippen molar-refractivity contribution in [2.75, 3.05) is 0 Å². The summed E-state index contributed by atoms with van der Waals surface area (Å²) in [6.45, 7) is 11.3. The van der Waals surface area contributed by atoms with Crippen molar-refractivity contribution in [2.45, 2.75) is 83.2 Å². The van der Waals surface area contributed by atoms with Gasteiger partial charge in [0.2, 0.25) is 0 Å². The Morgan fingerprint density at radius 2 is 1.64 bits per heavy atom. The van der Waals surface area contributed by atoms with Gasteiger partial charge in [0.05, 0.1) is 0 Å². The zero-order chi connectivity index (χ0) is 18.5. The van der Waals surface area contributed by atoms with Gasteiger partial charge in [-0.2, -0.15) is 0 Å². The van der Waals surface area contributed by atoms with Crippen LogP contribution in [0.4, 0.5) is 0 Å². The summed E-state index contributed by atoms with van der Waals surface area (Å²) in [7, 11) is -3.29. The lowest BCUT2D eigenvalue weighted by Crippen LogP contribution is -2.42. The molecule has 4 heteroatoms. The van der Waals surface area contributed by atoms with Gasteiger partial charge < -0.3 is 4.12 Å². The monoisotopic (exact) mass is 376 g/mol. The van der Waals surface area contributed by atoms with Crippen molar-refractivity contribution in [1.82, 2.24) is 0 Å². The number of ketones is 1. The highest BCUT2D eigenvalue weighted by Gasteiger charge is 2.34. The summed E-state index contributed by atoms with van der Waals surface area (Å²) in [5.41, 5.74) is 1.23. The van der Waals surface area contributed by atoms with Gasteiger partial charge in [0.25, 0.3) is 0 Å². The van der Waals surface area contributed by atoms with Crippen LogP contribution in [-0.2, 0) is 8.91 Å². The molecule has 2 rings (SSSR count). The summed E-state index contributed by atoms with van der Waals surface area (Å²) < 4.78 is 6.43. The number of benzene rings is 1. The van der Waals surface area contributed by atoms with E-state index in [0.717, 1.165) is 6.04 Å². The maximum Gasteiger partial charge on any atom is 0.173 e. The lowest BCUT2D eigenvalue weighted by molar-refractivity contribution is -0.121. The van der Waals surface area contributed by atoms with E-state index in [-0.39, 0.29) is 5.92 Å². The lowest BCUT2D eigenvalue weighted by atomic mass is 9.74. The third-order valence-corrected chi connectivity index (χ3v) is 11.3. The molecule has 1 aromatic rings. The third-order valence-electron chi connectivity index (χ3n) is 5.18. The molecule has 1 aromatic carbocycles. The molecule has 1 atom stereocenters. The van der Waals surface area contributed by atoms with Gasteiger partial charge in [0.15, 0.2) is 16.6 Å². The number of hydrogen-bond acceptors (Lipinski definition) is 2. The van der Waals surface area contributed by atoms with E-state index in [9.17, 15) is 4.79 Å². The van der Waals surface area contributed by atoms with Crippen LogP contribution >= 0.6 is 0 Å². The molecule has 140 valence electrons. The number of carbonyl (C=O) groups is 1. The molecule has 1 aliphatic rings. The predicted molar refractivity (Wildman–Crippen MR) is 112 cm³/mol. The molecule has 1 fully saturated rings. The molecule has 0 saturated heterocycles. The molecule has 2 nitrogen and oxygen atoms in total. The summed E-state index contributed by atoms with van der Waals surface area (Å²) in [6, 6.07) is 11.4. The lowest BCUT2D eigenvalue weighted by Gasteiger charge is -2.33. The van der Waals surface area contributed by atoms with Crippen LogP contribution in [0.25, 0.3) is 0 Å². The Kier molecular flexibility index (Phi) is 7.23. The first-order chi connectivity index (χ1) is 11.7. The molecule has 0 amide bonds. The van der Waals surface area contributed by atoms with Crippen molar-refractivity contribution in [3.05, 3.63) is 35.9 Å². The second-order valence-corrected chi connectivity index (χ2v) is 18.3. The van der Waals surface area contributed by atoms with E-state index in [0.29, 0.717) is 18.1 Å². The largest absolute Gasteiger partial charge is 0.456 e.